The summed E-state index contributed by atoms with van der Waals surface area (Å²) in [5, 5.41) is 0. The minimum atomic E-state index is 0.840. The Morgan fingerprint density at radius 3 is 2.13 bits per heavy atom. The number of hydrogen-bond donors (Lipinski definition) is 0. The molecule has 0 spiro atoms. The van der Waals surface area contributed by atoms with Gasteiger partial charge >= 0.3 is 0 Å². The van der Waals surface area contributed by atoms with Gasteiger partial charge in [0.2, 0.25) is 0 Å². The van der Waals surface area contributed by atoms with E-state index in [1.54, 1.807) is 0 Å². The first-order valence-corrected chi connectivity index (χ1v) is 6.41. The van der Waals surface area contributed by atoms with Crippen LogP contribution in [-0.4, -0.2) is 0 Å². The third-order valence-electron chi connectivity index (χ3n) is 2.45. The van der Waals surface area contributed by atoms with Crippen molar-refractivity contribution in [1.29, 1.82) is 0 Å². The summed E-state index contributed by atoms with van der Waals surface area (Å²) in [6.07, 6.45) is 14.8. The molecular weight excluding hydrogens is 180 g/mol. The molecule has 0 fully saturated rings. The van der Waals surface area contributed by atoms with Crippen molar-refractivity contribution in [2.24, 2.45) is 5.92 Å². The number of hydrogen-bond acceptors (Lipinski definition) is 0. The predicted molar refractivity (Wildman–Crippen MR) is 71.1 cm³/mol. The standard InChI is InChI=1S/C15H28/c1-14(2)12-10-8-6-5-7-9-11-13-15(3)4/h6,8,13-14H,5,7,9-12H2,1-4H3. The average Bonchev–Trinajstić information content (AvgIpc) is 2.14. The van der Waals surface area contributed by atoms with E-state index in [1.807, 2.05) is 0 Å². The van der Waals surface area contributed by atoms with Crippen molar-refractivity contribution < 1.29 is 0 Å². The predicted octanol–water partition coefficient (Wildman–Crippen LogP) is 5.51. The summed E-state index contributed by atoms with van der Waals surface area (Å²) in [5.74, 6) is 0.840. The van der Waals surface area contributed by atoms with Crippen LogP contribution in [0.3, 0.4) is 0 Å². The molecule has 0 bridgehead atoms. The summed E-state index contributed by atoms with van der Waals surface area (Å²) >= 11 is 0. The molecule has 0 aromatic heterocycles. The lowest BCUT2D eigenvalue weighted by molar-refractivity contribution is 0.593. The van der Waals surface area contributed by atoms with E-state index < -0.39 is 0 Å². The summed E-state index contributed by atoms with van der Waals surface area (Å²) in [5.41, 5.74) is 1.45. The molecule has 15 heavy (non-hydrogen) atoms. The second-order valence-electron chi connectivity index (χ2n) is 5.01. The molecule has 0 saturated carbocycles. The van der Waals surface area contributed by atoms with Crippen LogP contribution in [0.4, 0.5) is 0 Å². The zero-order valence-electron chi connectivity index (χ0n) is 11.1. The fourth-order valence-corrected chi connectivity index (χ4v) is 1.46. The summed E-state index contributed by atoms with van der Waals surface area (Å²) in [6, 6.07) is 0. The fraction of sp³-hybridized carbons (Fsp3) is 0.733. The lowest BCUT2D eigenvalue weighted by Gasteiger charge is -1.99. The third-order valence-corrected chi connectivity index (χ3v) is 2.45. The number of allylic oxidation sites excluding steroid dienone is 4. The smallest absolute Gasteiger partial charge is 0.0348 e. The molecule has 0 aliphatic carbocycles. The molecule has 0 rings (SSSR count). The van der Waals surface area contributed by atoms with E-state index in [-0.39, 0.29) is 0 Å². The van der Waals surface area contributed by atoms with Gasteiger partial charge in [0.25, 0.3) is 0 Å². The van der Waals surface area contributed by atoms with Gasteiger partial charge in [0, 0.05) is 0 Å². The van der Waals surface area contributed by atoms with Gasteiger partial charge < -0.3 is 0 Å². The highest BCUT2D eigenvalue weighted by Gasteiger charge is 1.89. The Balaban J connectivity index is 3.20. The summed E-state index contributed by atoms with van der Waals surface area (Å²) in [7, 11) is 0. The van der Waals surface area contributed by atoms with E-state index in [0.717, 1.165) is 5.92 Å². The lowest BCUT2D eigenvalue weighted by atomic mass is 10.1. The van der Waals surface area contributed by atoms with Crippen LogP contribution >= 0.6 is 0 Å². The number of unbranched alkanes of at least 4 members (excludes halogenated alkanes) is 3. The molecule has 0 unspecified atom stereocenters. The van der Waals surface area contributed by atoms with Gasteiger partial charge in [0.1, 0.15) is 0 Å². The molecule has 0 amide bonds. The average molecular weight is 208 g/mol. The van der Waals surface area contributed by atoms with Gasteiger partial charge in [-0.15, -0.1) is 0 Å². The maximum atomic E-state index is 2.35. The highest BCUT2D eigenvalue weighted by Crippen LogP contribution is 2.07. The van der Waals surface area contributed by atoms with Crippen molar-refractivity contribution in [3.63, 3.8) is 0 Å². The largest absolute Gasteiger partial charge is 0.0885 e. The monoisotopic (exact) mass is 208 g/mol. The molecule has 0 radical (unpaired) electrons. The molecule has 0 aliphatic heterocycles. The molecule has 0 N–H and O–H groups in total. The van der Waals surface area contributed by atoms with E-state index >= 15 is 0 Å². The second kappa shape index (κ2) is 10.0. The van der Waals surface area contributed by atoms with E-state index in [1.165, 1.54) is 44.1 Å². The van der Waals surface area contributed by atoms with Crippen molar-refractivity contribution in [1.82, 2.24) is 0 Å². The van der Waals surface area contributed by atoms with Gasteiger partial charge in [0.05, 0.1) is 0 Å². The van der Waals surface area contributed by atoms with Crippen LogP contribution < -0.4 is 0 Å². The lowest BCUT2D eigenvalue weighted by Crippen LogP contribution is -1.83. The Hall–Kier alpha value is -0.520. The van der Waals surface area contributed by atoms with Crippen LogP contribution in [-0.2, 0) is 0 Å². The molecular formula is C15H28. The third kappa shape index (κ3) is 13.5. The van der Waals surface area contributed by atoms with Crippen LogP contribution in [0.15, 0.2) is 23.8 Å². The topological polar surface area (TPSA) is 0 Å². The summed E-state index contributed by atoms with van der Waals surface area (Å²) in [6.45, 7) is 8.91. The van der Waals surface area contributed by atoms with Crippen molar-refractivity contribution in [2.45, 2.75) is 66.2 Å². The van der Waals surface area contributed by atoms with Gasteiger partial charge in [-0.2, -0.15) is 0 Å². The van der Waals surface area contributed by atoms with E-state index in [0.29, 0.717) is 0 Å². The maximum absolute atomic E-state index is 2.35. The van der Waals surface area contributed by atoms with Gasteiger partial charge in [-0.3, -0.25) is 0 Å². The molecule has 88 valence electrons. The van der Waals surface area contributed by atoms with Gasteiger partial charge in [-0.25, -0.2) is 0 Å². The highest BCUT2D eigenvalue weighted by atomic mass is 14.0. The van der Waals surface area contributed by atoms with Gasteiger partial charge in [-0.1, -0.05) is 37.6 Å². The zero-order chi connectivity index (χ0) is 11.5. The molecule has 0 nitrogen and oxygen atoms in total. The Morgan fingerprint density at radius 2 is 1.53 bits per heavy atom. The van der Waals surface area contributed by atoms with Crippen LogP contribution in [0.5, 0.6) is 0 Å². The molecule has 0 aromatic carbocycles. The normalized spacial score (nSPS) is 11.3. The summed E-state index contributed by atoms with van der Waals surface area (Å²) < 4.78 is 0. The zero-order valence-corrected chi connectivity index (χ0v) is 11.1. The highest BCUT2D eigenvalue weighted by molar-refractivity contribution is 4.92. The van der Waals surface area contributed by atoms with Crippen LogP contribution in [0, 0.1) is 5.92 Å². The summed E-state index contributed by atoms with van der Waals surface area (Å²) in [4.78, 5) is 0. The van der Waals surface area contributed by atoms with Crippen molar-refractivity contribution >= 4 is 0 Å². The molecule has 0 aromatic rings. The Morgan fingerprint density at radius 1 is 0.933 bits per heavy atom. The minimum absolute atomic E-state index is 0.840. The Bertz CT molecular complexity index is 180. The first-order valence-electron chi connectivity index (χ1n) is 6.41. The van der Waals surface area contributed by atoms with E-state index in [2.05, 4.69) is 45.9 Å². The minimum Gasteiger partial charge on any atom is -0.0885 e. The van der Waals surface area contributed by atoms with Crippen molar-refractivity contribution in [3.05, 3.63) is 23.8 Å². The molecule has 0 aliphatic rings. The molecule has 0 heterocycles. The maximum Gasteiger partial charge on any atom is -0.0348 e. The van der Waals surface area contributed by atoms with Crippen LogP contribution in [0.25, 0.3) is 0 Å². The van der Waals surface area contributed by atoms with Crippen LogP contribution in [0.1, 0.15) is 66.2 Å². The molecule has 0 saturated heterocycles. The quantitative estimate of drug-likeness (QED) is 0.365. The molecule has 0 atom stereocenters. The second-order valence-corrected chi connectivity index (χ2v) is 5.01. The van der Waals surface area contributed by atoms with E-state index in [4.69, 9.17) is 0 Å². The van der Waals surface area contributed by atoms with Crippen LogP contribution in [0.2, 0.25) is 0 Å². The van der Waals surface area contributed by atoms with Crippen molar-refractivity contribution in [2.75, 3.05) is 0 Å². The first kappa shape index (κ1) is 14.5. The van der Waals surface area contributed by atoms with Crippen molar-refractivity contribution in [3.8, 4) is 0 Å². The fourth-order valence-electron chi connectivity index (χ4n) is 1.46. The van der Waals surface area contributed by atoms with Gasteiger partial charge in [0.15, 0.2) is 0 Å². The Kier molecular flexibility index (Phi) is 9.67. The molecule has 0 heteroatoms. The number of rotatable bonds is 8. The first-order chi connectivity index (χ1) is 7.13. The van der Waals surface area contributed by atoms with Gasteiger partial charge in [-0.05, 0) is 58.3 Å². The Labute approximate surface area is 96.5 Å². The SMILES string of the molecule is CC(C)=CCCCCC=CCCC(C)C. The van der Waals surface area contributed by atoms with E-state index in [9.17, 15) is 0 Å².